The molecule has 1 fully saturated rings. The summed E-state index contributed by atoms with van der Waals surface area (Å²) in [7, 11) is 0. The minimum atomic E-state index is -0.452. The minimum Gasteiger partial charge on any atom is -0.337 e. The molecule has 0 N–H and O–H groups in total. The molecule has 0 aromatic heterocycles. The first-order valence-corrected chi connectivity index (χ1v) is 6.95. The van der Waals surface area contributed by atoms with Gasteiger partial charge in [0, 0.05) is 29.1 Å². The Balaban J connectivity index is 2.22. The maximum absolute atomic E-state index is 13.5. The Labute approximate surface area is 106 Å². The van der Waals surface area contributed by atoms with E-state index in [2.05, 4.69) is 15.9 Å². The first-order valence-electron chi connectivity index (χ1n) is 5.00. The van der Waals surface area contributed by atoms with Crippen LogP contribution in [0.2, 0.25) is 0 Å². The van der Waals surface area contributed by atoms with Crippen LogP contribution in [0.15, 0.2) is 22.7 Å². The SMILES string of the molecule is O=C(c1cc(Br)ccc1F)N1CCSCC1. The van der Waals surface area contributed by atoms with Crippen LogP contribution in [0.5, 0.6) is 0 Å². The lowest BCUT2D eigenvalue weighted by Gasteiger charge is -2.26. The average Bonchev–Trinajstić information content (AvgIpc) is 2.32. The van der Waals surface area contributed by atoms with Gasteiger partial charge in [-0.25, -0.2) is 4.39 Å². The maximum atomic E-state index is 13.5. The second-order valence-electron chi connectivity index (χ2n) is 3.53. The van der Waals surface area contributed by atoms with Crippen molar-refractivity contribution in [2.45, 2.75) is 0 Å². The molecule has 0 atom stereocenters. The number of thioether (sulfide) groups is 1. The molecular formula is C11H11BrFNOS. The monoisotopic (exact) mass is 303 g/mol. The van der Waals surface area contributed by atoms with E-state index in [4.69, 9.17) is 0 Å². The van der Waals surface area contributed by atoms with Crippen LogP contribution in [-0.2, 0) is 0 Å². The Morgan fingerprint density at radius 3 is 2.75 bits per heavy atom. The Bertz CT molecular complexity index is 407. The van der Waals surface area contributed by atoms with Gasteiger partial charge in [-0.1, -0.05) is 15.9 Å². The van der Waals surface area contributed by atoms with Gasteiger partial charge in [0.05, 0.1) is 5.56 Å². The summed E-state index contributed by atoms with van der Waals surface area (Å²) in [5.74, 6) is 1.20. The van der Waals surface area contributed by atoms with Crippen LogP contribution >= 0.6 is 27.7 Å². The highest BCUT2D eigenvalue weighted by atomic mass is 79.9. The number of nitrogens with zero attached hydrogens (tertiary/aromatic N) is 1. The van der Waals surface area contributed by atoms with Gasteiger partial charge in [0.25, 0.3) is 5.91 Å². The van der Waals surface area contributed by atoms with E-state index in [9.17, 15) is 9.18 Å². The van der Waals surface area contributed by atoms with Crippen LogP contribution in [0.25, 0.3) is 0 Å². The molecule has 0 radical (unpaired) electrons. The fourth-order valence-corrected chi connectivity index (χ4v) is 2.86. The van der Waals surface area contributed by atoms with Crippen LogP contribution < -0.4 is 0 Å². The molecule has 0 spiro atoms. The van der Waals surface area contributed by atoms with Crippen molar-refractivity contribution >= 4 is 33.6 Å². The van der Waals surface area contributed by atoms with E-state index >= 15 is 0 Å². The summed E-state index contributed by atoms with van der Waals surface area (Å²) >= 11 is 5.07. The Kier molecular flexibility index (Phi) is 3.86. The van der Waals surface area contributed by atoms with E-state index in [1.807, 2.05) is 11.8 Å². The summed E-state index contributed by atoms with van der Waals surface area (Å²) in [6.45, 7) is 1.41. The zero-order valence-corrected chi connectivity index (χ0v) is 11.0. The summed E-state index contributed by atoms with van der Waals surface area (Å²) in [4.78, 5) is 13.7. The molecule has 1 saturated heterocycles. The molecule has 0 aliphatic carbocycles. The van der Waals surface area contributed by atoms with Crippen molar-refractivity contribution < 1.29 is 9.18 Å². The van der Waals surface area contributed by atoms with Gasteiger partial charge >= 0.3 is 0 Å². The van der Waals surface area contributed by atoms with Gasteiger partial charge in [-0.3, -0.25) is 4.79 Å². The van der Waals surface area contributed by atoms with Crippen LogP contribution in [-0.4, -0.2) is 35.4 Å². The van der Waals surface area contributed by atoms with Gasteiger partial charge in [0.15, 0.2) is 0 Å². The number of amides is 1. The molecule has 5 heteroatoms. The first kappa shape index (κ1) is 11.9. The van der Waals surface area contributed by atoms with E-state index < -0.39 is 5.82 Å². The molecule has 1 amide bonds. The largest absolute Gasteiger partial charge is 0.337 e. The number of carbonyl (C=O) groups excluding carboxylic acids is 1. The molecule has 2 nitrogen and oxygen atoms in total. The average molecular weight is 304 g/mol. The Morgan fingerprint density at radius 1 is 1.38 bits per heavy atom. The molecule has 1 aliphatic heterocycles. The normalized spacial score (nSPS) is 16.2. The Morgan fingerprint density at radius 2 is 2.06 bits per heavy atom. The van der Waals surface area contributed by atoms with Crippen LogP contribution in [0.4, 0.5) is 4.39 Å². The van der Waals surface area contributed by atoms with E-state index in [0.29, 0.717) is 13.1 Å². The third-order valence-corrected chi connectivity index (χ3v) is 3.89. The first-order chi connectivity index (χ1) is 7.68. The number of rotatable bonds is 1. The van der Waals surface area contributed by atoms with E-state index in [-0.39, 0.29) is 11.5 Å². The molecule has 2 rings (SSSR count). The fraction of sp³-hybridized carbons (Fsp3) is 0.364. The van der Waals surface area contributed by atoms with Crippen molar-refractivity contribution in [1.82, 2.24) is 4.90 Å². The van der Waals surface area contributed by atoms with Gasteiger partial charge in [0.1, 0.15) is 5.82 Å². The lowest BCUT2D eigenvalue weighted by atomic mass is 10.2. The predicted octanol–water partition coefficient (Wildman–Crippen LogP) is 2.78. The molecule has 0 bridgehead atoms. The molecule has 0 saturated carbocycles. The van der Waals surface area contributed by atoms with Crippen molar-refractivity contribution in [1.29, 1.82) is 0 Å². The minimum absolute atomic E-state index is 0.154. The van der Waals surface area contributed by atoms with Crippen molar-refractivity contribution in [3.63, 3.8) is 0 Å². The van der Waals surface area contributed by atoms with Crippen molar-refractivity contribution in [2.75, 3.05) is 24.6 Å². The number of benzene rings is 1. The van der Waals surface area contributed by atoms with E-state index in [1.165, 1.54) is 6.07 Å². The zero-order valence-electron chi connectivity index (χ0n) is 8.58. The molecule has 0 unspecified atom stereocenters. The highest BCUT2D eigenvalue weighted by Crippen LogP contribution is 2.19. The van der Waals surface area contributed by atoms with Gasteiger partial charge in [-0.2, -0.15) is 11.8 Å². The van der Waals surface area contributed by atoms with Crippen LogP contribution in [0, 0.1) is 5.82 Å². The molecule has 1 aromatic carbocycles. The third kappa shape index (κ3) is 2.58. The predicted molar refractivity (Wildman–Crippen MR) is 67.3 cm³/mol. The summed E-state index contributed by atoms with van der Waals surface area (Å²) < 4.78 is 14.2. The highest BCUT2D eigenvalue weighted by Gasteiger charge is 2.21. The standard InChI is InChI=1S/C11H11BrFNOS/c12-8-1-2-10(13)9(7-8)11(15)14-3-5-16-6-4-14/h1-2,7H,3-6H2. The van der Waals surface area contributed by atoms with E-state index in [1.54, 1.807) is 17.0 Å². The number of hydrogen-bond donors (Lipinski definition) is 0. The maximum Gasteiger partial charge on any atom is 0.256 e. The molecule has 16 heavy (non-hydrogen) atoms. The van der Waals surface area contributed by atoms with Crippen molar-refractivity contribution in [2.24, 2.45) is 0 Å². The van der Waals surface area contributed by atoms with Crippen LogP contribution in [0.1, 0.15) is 10.4 Å². The quantitative estimate of drug-likeness (QED) is 0.795. The number of halogens is 2. The zero-order chi connectivity index (χ0) is 11.5. The summed E-state index contributed by atoms with van der Waals surface area (Å²) in [5.41, 5.74) is 0.154. The topological polar surface area (TPSA) is 20.3 Å². The van der Waals surface area contributed by atoms with Crippen molar-refractivity contribution in [3.05, 3.63) is 34.1 Å². The fourth-order valence-electron chi connectivity index (χ4n) is 1.60. The number of hydrogen-bond acceptors (Lipinski definition) is 2. The lowest BCUT2D eigenvalue weighted by molar-refractivity contribution is 0.0767. The van der Waals surface area contributed by atoms with E-state index in [0.717, 1.165) is 16.0 Å². The summed E-state index contributed by atoms with van der Waals surface area (Å²) in [6, 6.07) is 4.45. The molecule has 1 aliphatic rings. The second-order valence-corrected chi connectivity index (χ2v) is 5.67. The van der Waals surface area contributed by atoms with Gasteiger partial charge in [0.2, 0.25) is 0 Å². The molecule has 1 aromatic rings. The summed E-state index contributed by atoms with van der Waals surface area (Å²) in [5, 5.41) is 0. The second kappa shape index (κ2) is 5.19. The smallest absolute Gasteiger partial charge is 0.256 e. The van der Waals surface area contributed by atoms with Gasteiger partial charge in [-0.15, -0.1) is 0 Å². The van der Waals surface area contributed by atoms with Crippen LogP contribution in [0.3, 0.4) is 0 Å². The third-order valence-electron chi connectivity index (χ3n) is 2.46. The molecular weight excluding hydrogens is 293 g/mol. The highest BCUT2D eigenvalue weighted by molar-refractivity contribution is 9.10. The lowest BCUT2D eigenvalue weighted by Crippen LogP contribution is -2.38. The molecule has 1 heterocycles. The van der Waals surface area contributed by atoms with Crippen molar-refractivity contribution in [3.8, 4) is 0 Å². The summed E-state index contributed by atoms with van der Waals surface area (Å²) in [6.07, 6.45) is 0. The Hall–Kier alpha value is -0.550. The molecule has 86 valence electrons. The number of carbonyl (C=O) groups is 1. The van der Waals surface area contributed by atoms with Gasteiger partial charge in [-0.05, 0) is 18.2 Å². The van der Waals surface area contributed by atoms with Gasteiger partial charge < -0.3 is 4.90 Å².